The molecule has 4 heteroatoms. The van der Waals surface area contributed by atoms with Gasteiger partial charge in [0.2, 0.25) is 5.91 Å². The van der Waals surface area contributed by atoms with Crippen LogP contribution in [-0.4, -0.2) is 30.4 Å². The molecule has 0 spiro atoms. The Kier molecular flexibility index (Phi) is 7.76. The fourth-order valence-corrected chi connectivity index (χ4v) is 3.05. The molecule has 2 rings (SSSR count). The fraction of sp³-hybridized carbons (Fsp3) is 0.588. The van der Waals surface area contributed by atoms with E-state index < -0.39 is 0 Å². The second-order valence-electron chi connectivity index (χ2n) is 5.85. The summed E-state index contributed by atoms with van der Waals surface area (Å²) in [5, 5.41) is 0. The average molecular weight is 311 g/mol. The lowest BCUT2D eigenvalue weighted by Gasteiger charge is -2.32. The molecule has 0 radical (unpaired) electrons. The summed E-state index contributed by atoms with van der Waals surface area (Å²) < 4.78 is 0. The van der Waals surface area contributed by atoms with Crippen LogP contribution in [0.4, 0.5) is 0 Å². The molecule has 1 aliphatic rings. The molecule has 1 saturated heterocycles. The molecule has 1 heterocycles. The van der Waals surface area contributed by atoms with Gasteiger partial charge in [-0.05, 0) is 56.2 Å². The summed E-state index contributed by atoms with van der Waals surface area (Å²) in [6.07, 6.45) is 4.87. The first kappa shape index (κ1) is 18.0. The van der Waals surface area contributed by atoms with E-state index in [1.165, 1.54) is 17.5 Å². The number of aryl methyl sites for hydroxylation is 2. The number of nitrogens with two attached hydrogens (primary N) is 1. The molecule has 21 heavy (non-hydrogen) atoms. The summed E-state index contributed by atoms with van der Waals surface area (Å²) in [5.41, 5.74) is 8.19. The van der Waals surface area contributed by atoms with Gasteiger partial charge in [0, 0.05) is 19.5 Å². The third-order valence-corrected chi connectivity index (χ3v) is 4.32. The molecular weight excluding hydrogens is 284 g/mol. The molecule has 0 saturated carbocycles. The molecule has 1 amide bonds. The van der Waals surface area contributed by atoms with Crippen LogP contribution in [0.2, 0.25) is 0 Å². The maximum atomic E-state index is 12.3. The summed E-state index contributed by atoms with van der Waals surface area (Å²) in [5.74, 6) is 0.908. The van der Waals surface area contributed by atoms with Gasteiger partial charge in [0.15, 0.2) is 0 Å². The van der Waals surface area contributed by atoms with Crippen molar-refractivity contribution in [1.29, 1.82) is 0 Å². The standard InChI is InChI=1S/C17H26N2O.ClH/c1-14-5-2-3-7-16(14)8-9-17(20)19-12-4-6-15(13-19)10-11-18;/h2-3,5,7,15H,4,6,8-13,18H2,1H3;1H. The predicted molar refractivity (Wildman–Crippen MR) is 89.7 cm³/mol. The SMILES string of the molecule is Cc1ccccc1CCC(=O)N1CCCC(CCN)C1.Cl. The van der Waals surface area contributed by atoms with Crippen molar-refractivity contribution in [3.05, 3.63) is 35.4 Å². The number of halogens is 1. The van der Waals surface area contributed by atoms with Crippen molar-refractivity contribution in [3.63, 3.8) is 0 Å². The van der Waals surface area contributed by atoms with E-state index in [0.717, 1.165) is 38.9 Å². The van der Waals surface area contributed by atoms with Crippen LogP contribution in [0.15, 0.2) is 24.3 Å². The third kappa shape index (κ3) is 5.33. The van der Waals surface area contributed by atoms with Crippen molar-refractivity contribution >= 4 is 18.3 Å². The number of benzene rings is 1. The summed E-state index contributed by atoms with van der Waals surface area (Å²) in [6, 6.07) is 8.32. The minimum Gasteiger partial charge on any atom is -0.342 e. The quantitative estimate of drug-likeness (QED) is 0.909. The van der Waals surface area contributed by atoms with Crippen LogP contribution in [0.25, 0.3) is 0 Å². The molecule has 3 nitrogen and oxygen atoms in total. The van der Waals surface area contributed by atoms with Gasteiger partial charge >= 0.3 is 0 Å². The molecule has 1 atom stereocenters. The van der Waals surface area contributed by atoms with Gasteiger partial charge in [-0.15, -0.1) is 12.4 Å². The first-order chi connectivity index (χ1) is 9.70. The van der Waals surface area contributed by atoms with Crippen molar-refractivity contribution in [2.24, 2.45) is 11.7 Å². The van der Waals surface area contributed by atoms with Crippen LogP contribution in [-0.2, 0) is 11.2 Å². The summed E-state index contributed by atoms with van der Waals surface area (Å²) in [4.78, 5) is 14.4. The van der Waals surface area contributed by atoms with Crippen molar-refractivity contribution < 1.29 is 4.79 Å². The van der Waals surface area contributed by atoms with Crippen LogP contribution in [0.1, 0.15) is 36.8 Å². The highest BCUT2D eigenvalue weighted by molar-refractivity contribution is 5.85. The van der Waals surface area contributed by atoms with Gasteiger partial charge in [0.25, 0.3) is 0 Å². The van der Waals surface area contributed by atoms with Crippen molar-refractivity contribution in [2.75, 3.05) is 19.6 Å². The van der Waals surface area contributed by atoms with Crippen molar-refractivity contribution in [3.8, 4) is 0 Å². The zero-order chi connectivity index (χ0) is 14.4. The van der Waals surface area contributed by atoms with Crippen LogP contribution >= 0.6 is 12.4 Å². The number of hydrogen-bond donors (Lipinski definition) is 1. The van der Waals surface area contributed by atoms with E-state index in [9.17, 15) is 4.79 Å². The van der Waals surface area contributed by atoms with E-state index in [4.69, 9.17) is 5.73 Å². The number of amides is 1. The first-order valence-electron chi connectivity index (χ1n) is 7.73. The number of piperidine rings is 1. The Morgan fingerprint density at radius 3 is 2.86 bits per heavy atom. The van der Waals surface area contributed by atoms with Gasteiger partial charge in [-0.2, -0.15) is 0 Å². The highest BCUT2D eigenvalue weighted by atomic mass is 35.5. The molecule has 1 aromatic carbocycles. The van der Waals surface area contributed by atoms with Crippen molar-refractivity contribution in [2.45, 2.75) is 39.0 Å². The Bertz CT molecular complexity index is 448. The lowest BCUT2D eigenvalue weighted by atomic mass is 9.94. The Hall–Kier alpha value is -1.06. The zero-order valence-corrected chi connectivity index (χ0v) is 13.7. The number of likely N-dealkylation sites (tertiary alicyclic amines) is 1. The van der Waals surface area contributed by atoms with Crippen LogP contribution < -0.4 is 5.73 Å². The van der Waals surface area contributed by atoms with Gasteiger partial charge in [0.1, 0.15) is 0 Å². The van der Waals surface area contributed by atoms with Crippen LogP contribution in [0.3, 0.4) is 0 Å². The monoisotopic (exact) mass is 310 g/mol. The molecule has 1 aliphatic heterocycles. The molecule has 0 aromatic heterocycles. The number of nitrogens with zero attached hydrogens (tertiary/aromatic N) is 1. The predicted octanol–water partition coefficient (Wildman–Crippen LogP) is 2.94. The van der Waals surface area contributed by atoms with Crippen LogP contribution in [0.5, 0.6) is 0 Å². The van der Waals surface area contributed by atoms with Gasteiger partial charge in [-0.3, -0.25) is 4.79 Å². The smallest absolute Gasteiger partial charge is 0.222 e. The van der Waals surface area contributed by atoms with E-state index in [0.29, 0.717) is 18.2 Å². The topological polar surface area (TPSA) is 46.3 Å². The van der Waals surface area contributed by atoms with E-state index in [-0.39, 0.29) is 12.4 Å². The zero-order valence-electron chi connectivity index (χ0n) is 12.9. The number of rotatable bonds is 5. The second-order valence-corrected chi connectivity index (χ2v) is 5.85. The minimum absolute atomic E-state index is 0. The molecular formula is C17H27ClN2O. The normalized spacial score (nSPS) is 18.2. The van der Waals surface area contributed by atoms with E-state index in [1.807, 2.05) is 17.0 Å². The van der Waals surface area contributed by atoms with Gasteiger partial charge in [-0.25, -0.2) is 0 Å². The fourth-order valence-electron chi connectivity index (χ4n) is 3.05. The average Bonchev–Trinajstić information content (AvgIpc) is 2.47. The Morgan fingerprint density at radius 2 is 2.14 bits per heavy atom. The van der Waals surface area contributed by atoms with Gasteiger partial charge in [-0.1, -0.05) is 24.3 Å². The molecule has 0 aliphatic carbocycles. The molecule has 2 N–H and O–H groups in total. The number of carbonyl (C=O) groups is 1. The summed E-state index contributed by atoms with van der Waals surface area (Å²) >= 11 is 0. The molecule has 1 fully saturated rings. The number of hydrogen-bond acceptors (Lipinski definition) is 2. The Balaban J connectivity index is 0.00000220. The van der Waals surface area contributed by atoms with Gasteiger partial charge in [0.05, 0.1) is 0 Å². The van der Waals surface area contributed by atoms with E-state index >= 15 is 0 Å². The molecule has 1 unspecified atom stereocenters. The maximum Gasteiger partial charge on any atom is 0.222 e. The van der Waals surface area contributed by atoms with Gasteiger partial charge < -0.3 is 10.6 Å². The number of carbonyl (C=O) groups excluding carboxylic acids is 1. The minimum atomic E-state index is 0. The first-order valence-corrected chi connectivity index (χ1v) is 7.73. The highest BCUT2D eigenvalue weighted by Crippen LogP contribution is 2.20. The van der Waals surface area contributed by atoms with E-state index in [1.54, 1.807) is 0 Å². The summed E-state index contributed by atoms with van der Waals surface area (Å²) in [6.45, 7) is 4.67. The van der Waals surface area contributed by atoms with Crippen molar-refractivity contribution in [1.82, 2.24) is 4.90 Å². The lowest BCUT2D eigenvalue weighted by Crippen LogP contribution is -2.40. The highest BCUT2D eigenvalue weighted by Gasteiger charge is 2.22. The molecule has 0 bridgehead atoms. The maximum absolute atomic E-state index is 12.3. The molecule has 118 valence electrons. The van der Waals surface area contributed by atoms with E-state index in [2.05, 4.69) is 19.1 Å². The Labute approximate surface area is 134 Å². The Morgan fingerprint density at radius 1 is 1.38 bits per heavy atom. The largest absolute Gasteiger partial charge is 0.342 e. The lowest BCUT2D eigenvalue weighted by molar-refractivity contribution is -0.133. The van der Waals surface area contributed by atoms with Crippen LogP contribution in [0, 0.1) is 12.8 Å². The third-order valence-electron chi connectivity index (χ3n) is 4.32. The molecule has 1 aromatic rings. The second kappa shape index (κ2) is 9.06. The summed E-state index contributed by atoms with van der Waals surface area (Å²) in [7, 11) is 0.